The van der Waals surface area contributed by atoms with Crippen LogP contribution in [0.25, 0.3) is 0 Å². The number of carbonyl (C=O) groups excluding carboxylic acids is 4. The molecule has 1 saturated carbocycles. The smallest absolute Gasteiger partial charge is 0.322 e. The van der Waals surface area contributed by atoms with E-state index in [9.17, 15) is 19.2 Å². The van der Waals surface area contributed by atoms with E-state index in [-0.39, 0.29) is 35.6 Å². The summed E-state index contributed by atoms with van der Waals surface area (Å²) in [5.41, 5.74) is 14.2. The van der Waals surface area contributed by atoms with Crippen LogP contribution in [-0.4, -0.2) is 52.6 Å². The largest absolute Gasteiger partial charge is 0.397 e. The van der Waals surface area contributed by atoms with Crippen molar-refractivity contribution in [1.29, 1.82) is 0 Å². The van der Waals surface area contributed by atoms with Crippen LogP contribution < -0.4 is 16.8 Å². The summed E-state index contributed by atoms with van der Waals surface area (Å²) < 4.78 is 1.28. The molecule has 0 spiro atoms. The van der Waals surface area contributed by atoms with Gasteiger partial charge in [0.15, 0.2) is 5.78 Å². The van der Waals surface area contributed by atoms with Crippen LogP contribution >= 0.6 is 31.9 Å². The van der Waals surface area contributed by atoms with Gasteiger partial charge >= 0.3 is 6.03 Å². The zero-order valence-corrected chi connectivity index (χ0v) is 22.5. The zero-order valence-electron chi connectivity index (χ0n) is 19.3. The van der Waals surface area contributed by atoms with E-state index in [0.717, 1.165) is 5.56 Å². The third-order valence-corrected chi connectivity index (χ3v) is 8.57. The number of nitrogens with one attached hydrogen (secondary N) is 1. The van der Waals surface area contributed by atoms with Gasteiger partial charge in [0, 0.05) is 63.3 Å². The Kier molecular flexibility index (Phi) is 6.54. The summed E-state index contributed by atoms with van der Waals surface area (Å²) in [6.07, 6.45) is 1.88. The molecule has 0 radical (unpaired) electrons. The normalized spacial score (nSPS) is 21.6. The number of fused-ring (bicyclic) bond motifs is 1. The minimum absolute atomic E-state index is 0.000809. The van der Waals surface area contributed by atoms with Gasteiger partial charge in [-0.25, -0.2) is 4.79 Å². The highest BCUT2D eigenvalue weighted by molar-refractivity contribution is 9.11. The second-order valence-corrected chi connectivity index (χ2v) is 11.2. The number of nitrogens with zero attached hydrogens (tertiary/aromatic N) is 2. The van der Waals surface area contributed by atoms with E-state index >= 15 is 0 Å². The molecule has 2 aromatic rings. The molecule has 0 aromatic heterocycles. The van der Waals surface area contributed by atoms with E-state index in [4.69, 9.17) is 11.5 Å². The fourth-order valence-electron chi connectivity index (χ4n) is 5.05. The van der Waals surface area contributed by atoms with Crippen molar-refractivity contribution in [2.75, 3.05) is 24.1 Å². The maximum Gasteiger partial charge on any atom is 0.322 e. The minimum atomic E-state index is -0.541. The lowest BCUT2D eigenvalue weighted by Gasteiger charge is -2.40. The Labute approximate surface area is 224 Å². The molecular formula is C25H25Br2N5O4. The monoisotopic (exact) mass is 617 g/mol. The lowest BCUT2D eigenvalue weighted by molar-refractivity contribution is -0.134. The predicted molar refractivity (Wildman–Crippen MR) is 141 cm³/mol. The molecule has 2 unspecified atom stereocenters. The van der Waals surface area contributed by atoms with Gasteiger partial charge in [0.1, 0.15) is 0 Å². The Morgan fingerprint density at radius 1 is 0.972 bits per heavy atom. The number of rotatable bonds is 5. The third-order valence-electron chi connectivity index (χ3n) is 7.26. The SMILES string of the molecule is NC(=O)c1ccc2c(c1)NC(=O)N(C1CCN(C(=O)C3CC3C(=O)c3cc(Br)c(N)c(Br)c3)CC1)C2. The molecule has 5 rings (SSSR count). The molecule has 1 saturated heterocycles. The van der Waals surface area contributed by atoms with E-state index < -0.39 is 5.91 Å². The average molecular weight is 619 g/mol. The first-order valence-corrected chi connectivity index (χ1v) is 13.3. The highest BCUT2D eigenvalue weighted by Crippen LogP contribution is 2.44. The number of primary amides is 1. The first kappa shape index (κ1) is 24.8. The van der Waals surface area contributed by atoms with Crippen LogP contribution in [0.1, 0.15) is 45.5 Å². The van der Waals surface area contributed by atoms with Gasteiger partial charge in [-0.1, -0.05) is 6.07 Å². The van der Waals surface area contributed by atoms with E-state index in [1.807, 2.05) is 11.0 Å². The summed E-state index contributed by atoms with van der Waals surface area (Å²) >= 11 is 6.74. The number of hydrogen-bond acceptors (Lipinski definition) is 5. The van der Waals surface area contributed by atoms with Gasteiger partial charge in [-0.05, 0) is 81.0 Å². The standard InChI is InChI=1S/C25H25Br2N5O4/c26-18-7-14(8-19(27)21(18)28)22(33)16-10-17(16)24(35)31-5-3-15(4-6-31)32-11-13-2-1-12(23(29)34)9-20(13)30-25(32)36/h1-2,7-9,15-17H,3-6,10-11,28H2,(H2,29,34)(H,30,36). The number of piperidine rings is 1. The molecule has 2 aromatic carbocycles. The minimum Gasteiger partial charge on any atom is -0.397 e. The molecule has 5 N–H and O–H groups in total. The number of amides is 4. The molecule has 2 atom stereocenters. The summed E-state index contributed by atoms with van der Waals surface area (Å²) in [4.78, 5) is 53.8. The predicted octanol–water partition coefficient (Wildman–Crippen LogP) is 3.75. The number of Topliss-reactive ketones (excluding diaryl/α,β-unsaturated/α-hetero) is 1. The summed E-state index contributed by atoms with van der Waals surface area (Å²) in [6, 6.07) is 8.25. The van der Waals surface area contributed by atoms with E-state index in [1.165, 1.54) is 0 Å². The van der Waals surface area contributed by atoms with E-state index in [1.54, 1.807) is 29.2 Å². The van der Waals surface area contributed by atoms with Crippen molar-refractivity contribution in [1.82, 2.24) is 9.80 Å². The summed E-state index contributed by atoms with van der Waals surface area (Å²) in [7, 11) is 0. The van der Waals surface area contributed by atoms with Gasteiger partial charge in [0.2, 0.25) is 11.8 Å². The molecule has 3 aliphatic rings. The van der Waals surface area contributed by atoms with E-state index in [0.29, 0.717) is 70.3 Å². The number of anilines is 2. The second kappa shape index (κ2) is 9.51. The highest BCUT2D eigenvalue weighted by atomic mass is 79.9. The maximum absolute atomic E-state index is 13.1. The van der Waals surface area contributed by atoms with Gasteiger partial charge in [-0.15, -0.1) is 0 Å². The van der Waals surface area contributed by atoms with E-state index in [2.05, 4.69) is 37.2 Å². The quantitative estimate of drug-likeness (QED) is 0.346. The first-order valence-electron chi connectivity index (χ1n) is 11.7. The molecule has 2 aliphatic heterocycles. The van der Waals surface area contributed by atoms with Crippen LogP contribution in [0.5, 0.6) is 0 Å². The van der Waals surface area contributed by atoms with Gasteiger partial charge < -0.3 is 26.6 Å². The maximum atomic E-state index is 13.1. The van der Waals surface area contributed by atoms with Crippen molar-refractivity contribution in [2.45, 2.75) is 31.8 Å². The number of nitrogens with two attached hydrogens (primary N) is 2. The lowest BCUT2D eigenvalue weighted by Crippen LogP contribution is -2.51. The molecule has 4 amide bonds. The van der Waals surface area contributed by atoms with Crippen LogP contribution in [-0.2, 0) is 11.3 Å². The highest BCUT2D eigenvalue weighted by Gasteiger charge is 2.50. The molecular weight excluding hydrogens is 594 g/mol. The van der Waals surface area contributed by atoms with Crippen LogP contribution in [0.15, 0.2) is 39.3 Å². The molecule has 36 heavy (non-hydrogen) atoms. The molecule has 1 aliphatic carbocycles. The Morgan fingerprint density at radius 3 is 2.28 bits per heavy atom. The van der Waals surface area contributed by atoms with Crippen molar-refractivity contribution < 1.29 is 19.2 Å². The second-order valence-electron chi connectivity index (χ2n) is 9.52. The molecule has 9 nitrogen and oxygen atoms in total. The van der Waals surface area contributed by atoms with Gasteiger partial charge in [0.05, 0.1) is 5.69 Å². The number of urea groups is 1. The lowest BCUT2D eigenvalue weighted by atomic mass is 9.99. The van der Waals surface area contributed by atoms with Crippen LogP contribution in [0.2, 0.25) is 0 Å². The molecule has 11 heteroatoms. The Bertz CT molecular complexity index is 1270. The molecule has 2 heterocycles. The number of carbonyl (C=O) groups is 4. The van der Waals surface area contributed by atoms with Crippen LogP contribution in [0.4, 0.5) is 16.2 Å². The van der Waals surface area contributed by atoms with Crippen molar-refractivity contribution in [3.05, 3.63) is 56.0 Å². The van der Waals surface area contributed by atoms with Gasteiger partial charge in [0.25, 0.3) is 0 Å². The van der Waals surface area contributed by atoms with Gasteiger partial charge in [-0.2, -0.15) is 0 Å². The fourth-order valence-corrected chi connectivity index (χ4v) is 6.24. The Hall–Kier alpha value is -2.92. The van der Waals surface area contributed by atoms with Crippen LogP contribution in [0, 0.1) is 11.8 Å². The number of ketones is 1. The molecule has 2 fully saturated rings. The number of halogens is 2. The third kappa shape index (κ3) is 4.61. The molecule has 188 valence electrons. The Balaban J connectivity index is 1.17. The number of nitrogen functional groups attached to an aromatic ring is 1. The van der Waals surface area contributed by atoms with Crippen molar-refractivity contribution >= 4 is 66.9 Å². The average Bonchev–Trinajstić information content (AvgIpc) is 3.66. The van der Waals surface area contributed by atoms with Gasteiger partial charge in [-0.3, -0.25) is 14.4 Å². The fraction of sp³-hybridized carbons (Fsp3) is 0.360. The number of benzene rings is 2. The van der Waals surface area contributed by atoms with Crippen molar-refractivity contribution in [3.8, 4) is 0 Å². The summed E-state index contributed by atoms with van der Waals surface area (Å²) in [5.74, 6) is -1.19. The number of likely N-dealkylation sites (tertiary alicyclic amines) is 1. The van der Waals surface area contributed by atoms with Crippen molar-refractivity contribution in [2.24, 2.45) is 17.6 Å². The summed E-state index contributed by atoms with van der Waals surface area (Å²) in [6.45, 7) is 1.51. The molecule has 0 bridgehead atoms. The van der Waals surface area contributed by atoms with Crippen molar-refractivity contribution in [3.63, 3.8) is 0 Å². The Morgan fingerprint density at radius 2 is 1.64 bits per heavy atom. The topological polar surface area (TPSA) is 139 Å². The number of hydrogen-bond donors (Lipinski definition) is 3. The first-order chi connectivity index (χ1) is 17.1. The zero-order chi connectivity index (χ0) is 25.7. The van der Waals surface area contributed by atoms with Crippen LogP contribution in [0.3, 0.4) is 0 Å². The summed E-state index contributed by atoms with van der Waals surface area (Å²) in [5, 5.41) is 2.86.